The van der Waals surface area contributed by atoms with E-state index in [0.29, 0.717) is 29.4 Å². The van der Waals surface area contributed by atoms with Gasteiger partial charge >= 0.3 is 0 Å². The number of Topliss-reactive ketones (excluding diaryl/α,β-unsaturated/α-hetero) is 1. The number of amides is 1. The fourth-order valence-electron chi connectivity index (χ4n) is 5.11. The van der Waals surface area contributed by atoms with Gasteiger partial charge in [-0.15, -0.1) is 0 Å². The molecule has 7 nitrogen and oxygen atoms in total. The van der Waals surface area contributed by atoms with Crippen LogP contribution in [-0.4, -0.2) is 35.5 Å². The molecule has 1 atom stereocenters. The van der Waals surface area contributed by atoms with Crippen LogP contribution in [0, 0.1) is 13.8 Å². The second kappa shape index (κ2) is 10.1. The van der Waals surface area contributed by atoms with E-state index < -0.39 is 17.7 Å². The van der Waals surface area contributed by atoms with Crippen LogP contribution in [0.5, 0.6) is 11.5 Å². The van der Waals surface area contributed by atoms with Crippen LogP contribution in [-0.2, 0) is 9.59 Å². The van der Waals surface area contributed by atoms with Gasteiger partial charge in [-0.2, -0.15) is 0 Å². The highest BCUT2D eigenvalue weighted by atomic mass is 16.5. The molecule has 1 fully saturated rings. The van der Waals surface area contributed by atoms with Crippen molar-refractivity contribution in [3.8, 4) is 11.5 Å². The molecule has 1 saturated heterocycles. The van der Waals surface area contributed by atoms with Crippen LogP contribution in [0.1, 0.15) is 41.8 Å². The van der Waals surface area contributed by atoms with Gasteiger partial charge in [0.1, 0.15) is 17.3 Å². The van der Waals surface area contributed by atoms with E-state index in [1.807, 2.05) is 45.0 Å². The number of rotatable bonds is 7. The number of hydrogen-bond donors (Lipinski definition) is 2. The molecule has 2 N–H and O–H groups in total. The van der Waals surface area contributed by atoms with Crippen LogP contribution < -0.4 is 14.4 Å². The molecule has 3 aromatic carbocycles. The van der Waals surface area contributed by atoms with E-state index in [1.54, 1.807) is 49.6 Å². The first-order chi connectivity index (χ1) is 18.3. The van der Waals surface area contributed by atoms with Crippen LogP contribution in [0.3, 0.4) is 0 Å². The van der Waals surface area contributed by atoms with Crippen molar-refractivity contribution >= 4 is 34.0 Å². The molecule has 1 aromatic heterocycles. The van der Waals surface area contributed by atoms with Crippen molar-refractivity contribution in [2.45, 2.75) is 33.2 Å². The minimum atomic E-state index is -0.852. The molecule has 1 aliphatic rings. The summed E-state index contributed by atoms with van der Waals surface area (Å²) >= 11 is 0. The summed E-state index contributed by atoms with van der Waals surface area (Å²) in [6.07, 6.45) is 0.874. The predicted molar refractivity (Wildman–Crippen MR) is 148 cm³/mol. The summed E-state index contributed by atoms with van der Waals surface area (Å²) in [4.78, 5) is 32.1. The lowest BCUT2D eigenvalue weighted by Gasteiger charge is -2.26. The van der Waals surface area contributed by atoms with E-state index >= 15 is 0 Å². The van der Waals surface area contributed by atoms with E-state index in [2.05, 4.69) is 4.98 Å². The number of fused-ring (bicyclic) bond motifs is 1. The van der Waals surface area contributed by atoms with Crippen molar-refractivity contribution < 1.29 is 24.2 Å². The Hall–Kier alpha value is -4.52. The molecule has 1 unspecified atom stereocenters. The van der Waals surface area contributed by atoms with Crippen molar-refractivity contribution in [3.63, 3.8) is 0 Å². The molecule has 38 heavy (non-hydrogen) atoms. The number of carbonyl (C=O) groups is 2. The molecular formula is C31H30N2O5. The van der Waals surface area contributed by atoms with E-state index in [1.165, 1.54) is 4.90 Å². The van der Waals surface area contributed by atoms with Gasteiger partial charge in [0.15, 0.2) is 0 Å². The Morgan fingerprint density at radius 2 is 1.82 bits per heavy atom. The summed E-state index contributed by atoms with van der Waals surface area (Å²) in [5, 5.41) is 12.5. The average Bonchev–Trinajstić information content (AvgIpc) is 3.39. The third-order valence-electron chi connectivity index (χ3n) is 6.90. The number of ether oxygens (including phenoxy) is 2. The van der Waals surface area contributed by atoms with Crippen LogP contribution in [0.25, 0.3) is 16.7 Å². The molecule has 0 bridgehead atoms. The first-order valence-electron chi connectivity index (χ1n) is 12.6. The monoisotopic (exact) mass is 510 g/mol. The largest absolute Gasteiger partial charge is 0.507 e. The minimum Gasteiger partial charge on any atom is -0.507 e. The molecule has 1 amide bonds. The van der Waals surface area contributed by atoms with Crippen molar-refractivity contribution in [1.29, 1.82) is 0 Å². The highest BCUT2D eigenvalue weighted by Crippen LogP contribution is 2.46. The van der Waals surface area contributed by atoms with Crippen molar-refractivity contribution in [2.24, 2.45) is 0 Å². The molecule has 5 rings (SSSR count). The van der Waals surface area contributed by atoms with E-state index in [0.717, 1.165) is 34.1 Å². The average molecular weight is 511 g/mol. The number of aryl methyl sites for hydroxylation is 2. The number of anilines is 1. The standard InChI is InChI=1S/C31H30N2O5/c1-5-15-38-25-14-13-20(16-18(25)2)29(34)27-28(26-19(3)32-24-12-7-6-11-23(24)26)33(31(36)30(27)35)21-9-8-10-22(17-21)37-4/h6-14,16-17,28,32,34H,5,15H2,1-4H3/b29-27+. The second-order valence-electron chi connectivity index (χ2n) is 9.41. The lowest BCUT2D eigenvalue weighted by atomic mass is 9.92. The van der Waals surface area contributed by atoms with Crippen LogP contribution in [0.4, 0.5) is 5.69 Å². The second-order valence-corrected chi connectivity index (χ2v) is 9.41. The number of hydrogen-bond acceptors (Lipinski definition) is 5. The number of methoxy groups -OCH3 is 1. The summed E-state index contributed by atoms with van der Waals surface area (Å²) in [6.45, 7) is 6.41. The predicted octanol–water partition coefficient (Wildman–Crippen LogP) is 6.21. The molecule has 0 aliphatic carbocycles. The Labute approximate surface area is 221 Å². The zero-order chi connectivity index (χ0) is 27.0. The van der Waals surface area contributed by atoms with Gasteiger partial charge in [-0.3, -0.25) is 14.5 Å². The number of nitrogens with one attached hydrogen (secondary N) is 1. The number of carbonyl (C=O) groups excluding carboxylic acids is 2. The fourth-order valence-corrected chi connectivity index (χ4v) is 5.11. The molecule has 194 valence electrons. The zero-order valence-electron chi connectivity index (χ0n) is 21.9. The number of ketones is 1. The van der Waals surface area contributed by atoms with Crippen LogP contribution in [0.15, 0.2) is 72.3 Å². The summed E-state index contributed by atoms with van der Waals surface area (Å²) in [5.41, 5.74) is 4.23. The Kier molecular flexibility index (Phi) is 6.68. The van der Waals surface area contributed by atoms with Crippen molar-refractivity contribution in [2.75, 3.05) is 18.6 Å². The van der Waals surface area contributed by atoms with Crippen molar-refractivity contribution in [3.05, 3.63) is 94.7 Å². The Morgan fingerprint density at radius 1 is 1.03 bits per heavy atom. The number of aromatic nitrogens is 1. The van der Waals surface area contributed by atoms with Gasteiger partial charge in [-0.25, -0.2) is 0 Å². The van der Waals surface area contributed by atoms with Gasteiger partial charge < -0.3 is 19.6 Å². The highest BCUT2D eigenvalue weighted by molar-refractivity contribution is 6.52. The van der Waals surface area contributed by atoms with E-state index in [-0.39, 0.29) is 11.3 Å². The first kappa shape index (κ1) is 25.1. The lowest BCUT2D eigenvalue weighted by Crippen LogP contribution is -2.29. The number of H-pyrrole nitrogens is 1. The lowest BCUT2D eigenvalue weighted by molar-refractivity contribution is -0.132. The third kappa shape index (κ3) is 4.20. The molecule has 0 spiro atoms. The maximum Gasteiger partial charge on any atom is 0.300 e. The first-order valence-corrected chi connectivity index (χ1v) is 12.6. The Balaban J connectivity index is 1.74. The van der Waals surface area contributed by atoms with Crippen LogP contribution in [0.2, 0.25) is 0 Å². The summed E-state index contributed by atoms with van der Waals surface area (Å²) < 4.78 is 11.2. The molecular weight excluding hydrogens is 480 g/mol. The summed E-state index contributed by atoms with van der Waals surface area (Å²) in [7, 11) is 1.55. The van der Waals surface area contributed by atoms with Crippen LogP contribution >= 0.6 is 0 Å². The highest BCUT2D eigenvalue weighted by Gasteiger charge is 2.48. The minimum absolute atomic E-state index is 0.0345. The molecule has 0 saturated carbocycles. The zero-order valence-corrected chi connectivity index (χ0v) is 21.9. The Bertz CT molecular complexity index is 1580. The third-order valence-corrected chi connectivity index (χ3v) is 6.90. The maximum absolute atomic E-state index is 13.6. The summed E-state index contributed by atoms with van der Waals surface area (Å²) in [6, 6.07) is 19.2. The summed E-state index contributed by atoms with van der Waals surface area (Å²) in [5.74, 6) is -0.423. The van der Waals surface area contributed by atoms with Crippen molar-refractivity contribution in [1.82, 2.24) is 4.98 Å². The molecule has 4 aromatic rings. The van der Waals surface area contributed by atoms with Gasteiger partial charge in [0, 0.05) is 39.5 Å². The normalized spacial score (nSPS) is 16.8. The Morgan fingerprint density at radius 3 is 2.55 bits per heavy atom. The van der Waals surface area contributed by atoms with Gasteiger partial charge in [-0.05, 0) is 62.2 Å². The topological polar surface area (TPSA) is 91.9 Å². The number of aliphatic hydroxyl groups is 1. The molecule has 2 heterocycles. The number of aliphatic hydroxyl groups excluding tert-OH is 1. The number of benzene rings is 3. The quantitative estimate of drug-likeness (QED) is 0.175. The molecule has 1 aliphatic heterocycles. The number of para-hydroxylation sites is 1. The van der Waals surface area contributed by atoms with Gasteiger partial charge in [0.25, 0.3) is 11.7 Å². The van der Waals surface area contributed by atoms with Gasteiger partial charge in [0.2, 0.25) is 0 Å². The van der Waals surface area contributed by atoms with E-state index in [9.17, 15) is 14.7 Å². The SMILES string of the molecule is CCCOc1ccc(/C(O)=C2\C(=O)C(=O)N(c3cccc(OC)c3)C2c2c(C)[nH]c3ccccc23)cc1C. The smallest absolute Gasteiger partial charge is 0.300 e. The maximum atomic E-state index is 13.6. The molecule has 7 heteroatoms. The fraction of sp³-hybridized carbons (Fsp3) is 0.226. The number of aromatic amines is 1. The van der Waals surface area contributed by atoms with Gasteiger partial charge in [-0.1, -0.05) is 31.2 Å². The van der Waals surface area contributed by atoms with Gasteiger partial charge in [0.05, 0.1) is 25.3 Å². The molecule has 0 radical (unpaired) electrons. The van der Waals surface area contributed by atoms with E-state index in [4.69, 9.17) is 9.47 Å². The number of nitrogens with zero attached hydrogens (tertiary/aromatic N) is 1.